The summed E-state index contributed by atoms with van der Waals surface area (Å²) in [5.74, 6) is 1.66. The van der Waals surface area contributed by atoms with Gasteiger partial charge in [-0.3, -0.25) is 4.84 Å². The number of aromatic nitrogens is 4. The van der Waals surface area contributed by atoms with Crippen LogP contribution < -0.4 is 21.4 Å². The van der Waals surface area contributed by atoms with Crippen molar-refractivity contribution in [3.63, 3.8) is 0 Å². The van der Waals surface area contributed by atoms with Crippen LogP contribution in [-0.4, -0.2) is 53.0 Å². The van der Waals surface area contributed by atoms with Gasteiger partial charge in [0.25, 0.3) is 0 Å². The van der Waals surface area contributed by atoms with Crippen LogP contribution in [0.3, 0.4) is 0 Å². The second kappa shape index (κ2) is 17.1. The maximum absolute atomic E-state index is 5.26. The van der Waals surface area contributed by atoms with Crippen molar-refractivity contribution < 1.29 is 4.84 Å². The summed E-state index contributed by atoms with van der Waals surface area (Å²) in [6.07, 6.45) is 6.18. The third kappa shape index (κ3) is 8.70. The lowest BCUT2D eigenvalue weighted by Gasteiger charge is -2.18. The van der Waals surface area contributed by atoms with E-state index in [0.29, 0.717) is 12.6 Å². The van der Waals surface area contributed by atoms with Gasteiger partial charge in [-0.25, -0.2) is 20.1 Å². The van der Waals surface area contributed by atoms with E-state index >= 15 is 0 Å². The van der Waals surface area contributed by atoms with Crippen LogP contribution in [0, 0.1) is 6.92 Å². The topological polar surface area (TPSA) is 106 Å². The lowest BCUT2D eigenvalue weighted by atomic mass is 10.1. The minimum atomic E-state index is 0.608. The zero-order valence-corrected chi connectivity index (χ0v) is 22.1. The van der Waals surface area contributed by atoms with Gasteiger partial charge in [-0.2, -0.15) is 5.10 Å². The lowest BCUT2D eigenvalue weighted by molar-refractivity contribution is 0.0589. The maximum Gasteiger partial charge on any atom is 0.225 e. The van der Waals surface area contributed by atoms with E-state index in [4.69, 9.17) is 9.94 Å². The summed E-state index contributed by atoms with van der Waals surface area (Å²) in [5, 5.41) is 8.06. The van der Waals surface area contributed by atoms with E-state index < -0.39 is 0 Å². The minimum Gasteiger partial charge on any atom is -0.405 e. The third-order valence-electron chi connectivity index (χ3n) is 4.60. The Morgan fingerprint density at radius 2 is 1.74 bits per heavy atom. The van der Waals surface area contributed by atoms with Gasteiger partial charge >= 0.3 is 0 Å². The molecule has 0 amide bonds. The summed E-state index contributed by atoms with van der Waals surface area (Å²) in [6.45, 7) is 16.4. The van der Waals surface area contributed by atoms with E-state index in [9.17, 15) is 0 Å². The number of nitrogens with two attached hydrogens (primary N) is 1. The molecule has 1 fully saturated rings. The molecule has 1 aliphatic rings. The summed E-state index contributed by atoms with van der Waals surface area (Å²) in [5.41, 5.74) is 11.3. The number of benzene rings is 1. The molecule has 0 aliphatic carbocycles. The predicted octanol–water partition coefficient (Wildman–Crippen LogP) is 4.55. The van der Waals surface area contributed by atoms with E-state index in [1.54, 1.807) is 0 Å². The smallest absolute Gasteiger partial charge is 0.225 e. The van der Waals surface area contributed by atoms with Crippen LogP contribution in [0.1, 0.15) is 39.7 Å². The molecule has 0 unspecified atom stereocenters. The van der Waals surface area contributed by atoms with E-state index in [2.05, 4.69) is 58.7 Å². The van der Waals surface area contributed by atoms with Crippen molar-refractivity contribution in [2.45, 2.75) is 41.0 Å². The second-order valence-electron chi connectivity index (χ2n) is 7.26. The number of rotatable bonds is 4. The van der Waals surface area contributed by atoms with Crippen molar-refractivity contribution in [1.29, 1.82) is 0 Å². The number of nitrogens with one attached hydrogen (secondary N) is 2. The van der Waals surface area contributed by atoms with E-state index in [1.165, 1.54) is 12.6 Å². The van der Waals surface area contributed by atoms with Gasteiger partial charge in [-0.1, -0.05) is 58.9 Å². The highest BCUT2D eigenvalue weighted by Gasteiger charge is 2.18. The molecule has 0 bridgehead atoms. The Balaban J connectivity index is 0.000000683. The normalized spacial score (nSPS) is 12.5. The van der Waals surface area contributed by atoms with Crippen molar-refractivity contribution in [2.75, 3.05) is 43.5 Å². The number of para-hydroxylation sites is 1. The van der Waals surface area contributed by atoms with Gasteiger partial charge in [0.1, 0.15) is 11.5 Å². The molecule has 9 heteroatoms. The Morgan fingerprint density at radius 3 is 2.31 bits per heavy atom. The standard InChI is InChI=1S/C19H23N7O.C3H8.C2H5N.C2H6/c1-14-17(24-26(18(14)20-2)16-6-4-3-5-7-16)15-12-21-19(22-13-15)25-9-8-23-27-11-10-25;1-3-2;1-2-3;1-2/h3-7,12-13,20,23H,8-11H2,1-2H3;3H2,1-2H3;2H,1,3H2;1-2H3. The van der Waals surface area contributed by atoms with Crippen LogP contribution in [0.15, 0.2) is 55.5 Å². The quantitative estimate of drug-likeness (QED) is 0.497. The molecule has 9 nitrogen and oxygen atoms in total. The molecule has 3 aromatic rings. The highest BCUT2D eigenvalue weighted by Crippen LogP contribution is 2.29. The van der Waals surface area contributed by atoms with E-state index in [-0.39, 0.29) is 0 Å². The Labute approximate surface area is 210 Å². The Hall–Kier alpha value is -3.43. The number of hydroxylamine groups is 1. The SMILES string of the molecule is C=CN.CC.CCC.CNc1c(C)c(-c2cnc(N3CCNOCC3)nc2)nn1-c1ccccc1. The van der Waals surface area contributed by atoms with Crippen molar-refractivity contribution in [3.05, 3.63) is 61.1 Å². The fourth-order valence-corrected chi connectivity index (χ4v) is 3.22. The van der Waals surface area contributed by atoms with E-state index in [1.807, 2.05) is 68.3 Å². The lowest BCUT2D eigenvalue weighted by Crippen LogP contribution is -2.29. The number of anilines is 2. The highest BCUT2D eigenvalue weighted by molar-refractivity contribution is 5.69. The first kappa shape index (κ1) is 29.6. The minimum absolute atomic E-state index is 0.608. The molecule has 1 aliphatic heterocycles. The molecule has 0 spiro atoms. The molecule has 0 saturated carbocycles. The van der Waals surface area contributed by atoms with Crippen LogP contribution in [-0.2, 0) is 4.84 Å². The number of nitrogens with zero attached hydrogens (tertiary/aromatic N) is 5. The van der Waals surface area contributed by atoms with Gasteiger partial charge < -0.3 is 16.0 Å². The van der Waals surface area contributed by atoms with Crippen molar-refractivity contribution >= 4 is 11.8 Å². The zero-order valence-electron chi connectivity index (χ0n) is 22.1. The summed E-state index contributed by atoms with van der Waals surface area (Å²) in [7, 11) is 1.91. The maximum atomic E-state index is 5.26. The molecule has 192 valence electrons. The van der Waals surface area contributed by atoms with Gasteiger partial charge in [0, 0.05) is 50.2 Å². The molecule has 1 aromatic carbocycles. The van der Waals surface area contributed by atoms with Crippen LogP contribution in [0.4, 0.5) is 11.8 Å². The number of hydrogen-bond acceptors (Lipinski definition) is 8. The first-order chi connectivity index (χ1) is 17.1. The summed E-state index contributed by atoms with van der Waals surface area (Å²) < 4.78 is 1.91. The van der Waals surface area contributed by atoms with Crippen LogP contribution >= 0.6 is 0 Å². The van der Waals surface area contributed by atoms with Gasteiger partial charge in [-0.05, 0) is 25.3 Å². The summed E-state index contributed by atoms with van der Waals surface area (Å²) in [4.78, 5) is 16.5. The first-order valence-corrected chi connectivity index (χ1v) is 12.2. The number of hydrogen-bond donors (Lipinski definition) is 3. The molecule has 1 saturated heterocycles. The fraction of sp³-hybridized carbons (Fsp3) is 0.423. The fourth-order valence-electron chi connectivity index (χ4n) is 3.22. The van der Waals surface area contributed by atoms with Crippen LogP contribution in [0.2, 0.25) is 0 Å². The Kier molecular flexibility index (Phi) is 14.4. The molecular formula is C26H42N8O. The molecule has 4 N–H and O–H groups in total. The van der Waals surface area contributed by atoms with Crippen molar-refractivity contribution in [1.82, 2.24) is 25.2 Å². The van der Waals surface area contributed by atoms with Gasteiger partial charge in [0.05, 0.1) is 12.3 Å². The van der Waals surface area contributed by atoms with Crippen molar-refractivity contribution in [2.24, 2.45) is 5.73 Å². The molecule has 3 heterocycles. The van der Waals surface area contributed by atoms with E-state index in [0.717, 1.165) is 48.0 Å². The molecule has 0 radical (unpaired) electrons. The second-order valence-corrected chi connectivity index (χ2v) is 7.26. The molecule has 0 atom stereocenters. The largest absolute Gasteiger partial charge is 0.405 e. The average molecular weight is 483 g/mol. The molecule has 35 heavy (non-hydrogen) atoms. The Bertz CT molecular complexity index is 949. The molecule has 2 aromatic heterocycles. The van der Waals surface area contributed by atoms with Crippen LogP contribution in [0.25, 0.3) is 16.9 Å². The molecular weight excluding hydrogens is 440 g/mol. The summed E-state index contributed by atoms with van der Waals surface area (Å²) in [6, 6.07) is 10.1. The zero-order chi connectivity index (χ0) is 26.1. The highest BCUT2D eigenvalue weighted by atomic mass is 16.6. The van der Waals surface area contributed by atoms with Gasteiger partial charge in [0.15, 0.2) is 0 Å². The van der Waals surface area contributed by atoms with Crippen molar-refractivity contribution in [3.8, 4) is 16.9 Å². The third-order valence-corrected chi connectivity index (χ3v) is 4.60. The Morgan fingerprint density at radius 1 is 1.14 bits per heavy atom. The molecule has 4 rings (SSSR count). The monoisotopic (exact) mass is 482 g/mol. The van der Waals surface area contributed by atoms with Gasteiger partial charge in [0.2, 0.25) is 5.95 Å². The average Bonchev–Trinajstić information content (AvgIpc) is 3.04. The predicted molar refractivity (Wildman–Crippen MR) is 147 cm³/mol. The van der Waals surface area contributed by atoms with Crippen LogP contribution in [0.5, 0.6) is 0 Å². The first-order valence-electron chi connectivity index (χ1n) is 12.2. The summed E-state index contributed by atoms with van der Waals surface area (Å²) >= 11 is 0. The van der Waals surface area contributed by atoms with Gasteiger partial charge in [-0.15, -0.1) is 0 Å².